The Balaban J connectivity index is 2.13. The lowest BCUT2D eigenvalue weighted by Crippen LogP contribution is -2.50. The number of aryl methyl sites for hydroxylation is 1. The fraction of sp³-hybridized carbons (Fsp3) is 0.533. The molecule has 1 atom stereocenters. The number of hydrogen-bond donors (Lipinski definition) is 3. The first kappa shape index (κ1) is 15.3. The fourth-order valence-corrected chi connectivity index (χ4v) is 2.38. The van der Waals surface area contributed by atoms with Crippen molar-refractivity contribution in [3.05, 3.63) is 23.4 Å². The van der Waals surface area contributed by atoms with E-state index in [1.165, 1.54) is 0 Å². The number of carbonyl (C=O) groups is 2. The Hall–Kier alpha value is -2.11. The minimum Gasteiger partial charge on any atom is -0.373 e. The smallest absolute Gasteiger partial charge is 0.252 e. The van der Waals surface area contributed by atoms with Crippen molar-refractivity contribution >= 4 is 17.6 Å². The number of amides is 2. The summed E-state index contributed by atoms with van der Waals surface area (Å²) < 4.78 is 0. The lowest BCUT2D eigenvalue weighted by atomic mass is 10.1. The zero-order chi connectivity index (χ0) is 15.2. The zero-order valence-corrected chi connectivity index (χ0v) is 12.5. The van der Waals surface area contributed by atoms with E-state index in [9.17, 15) is 9.59 Å². The summed E-state index contributed by atoms with van der Waals surface area (Å²) in [6.07, 6.45) is 3.35. The zero-order valence-electron chi connectivity index (χ0n) is 12.5. The molecule has 6 heteroatoms. The second kappa shape index (κ2) is 7.06. The largest absolute Gasteiger partial charge is 0.373 e. The molecule has 1 unspecified atom stereocenters. The highest BCUT2D eigenvalue weighted by molar-refractivity contribution is 5.98. The number of pyridine rings is 1. The summed E-state index contributed by atoms with van der Waals surface area (Å²) in [6, 6.07) is 3.06. The SMILES string of the molecule is CCCc1cc(C(=O)NC2CCCNC2=O)cc(NC)n1. The average Bonchev–Trinajstić information content (AvgIpc) is 2.49. The quantitative estimate of drug-likeness (QED) is 0.758. The van der Waals surface area contributed by atoms with E-state index in [0.29, 0.717) is 24.3 Å². The summed E-state index contributed by atoms with van der Waals surface area (Å²) in [4.78, 5) is 28.5. The fourth-order valence-electron chi connectivity index (χ4n) is 2.38. The van der Waals surface area contributed by atoms with Crippen molar-refractivity contribution in [2.75, 3.05) is 18.9 Å². The average molecular weight is 290 g/mol. The molecule has 2 amide bonds. The minimum atomic E-state index is -0.438. The van der Waals surface area contributed by atoms with Crippen molar-refractivity contribution in [3.8, 4) is 0 Å². The van der Waals surface area contributed by atoms with Gasteiger partial charge in [0, 0.05) is 24.8 Å². The summed E-state index contributed by atoms with van der Waals surface area (Å²) in [7, 11) is 1.77. The van der Waals surface area contributed by atoms with Gasteiger partial charge in [0.05, 0.1) is 0 Å². The molecule has 2 heterocycles. The van der Waals surface area contributed by atoms with Crippen LogP contribution in [-0.4, -0.2) is 36.4 Å². The lowest BCUT2D eigenvalue weighted by molar-refractivity contribution is -0.124. The summed E-state index contributed by atoms with van der Waals surface area (Å²) in [5, 5.41) is 8.53. The molecule has 0 aliphatic carbocycles. The van der Waals surface area contributed by atoms with Gasteiger partial charge < -0.3 is 16.0 Å². The third kappa shape index (κ3) is 3.93. The van der Waals surface area contributed by atoms with Gasteiger partial charge in [0.15, 0.2) is 0 Å². The van der Waals surface area contributed by atoms with Crippen LogP contribution in [0.4, 0.5) is 5.82 Å². The molecule has 0 spiro atoms. The van der Waals surface area contributed by atoms with Crippen molar-refractivity contribution in [1.82, 2.24) is 15.6 Å². The first-order valence-corrected chi connectivity index (χ1v) is 7.41. The highest BCUT2D eigenvalue weighted by Gasteiger charge is 2.24. The Kier molecular flexibility index (Phi) is 5.14. The van der Waals surface area contributed by atoms with Crippen LogP contribution in [0.3, 0.4) is 0 Å². The van der Waals surface area contributed by atoms with Gasteiger partial charge in [-0.25, -0.2) is 4.98 Å². The molecule has 3 N–H and O–H groups in total. The van der Waals surface area contributed by atoms with Gasteiger partial charge in [-0.2, -0.15) is 0 Å². The Morgan fingerprint density at radius 3 is 2.95 bits per heavy atom. The predicted octanol–water partition coefficient (Wildman–Crippen LogP) is 1.08. The van der Waals surface area contributed by atoms with Gasteiger partial charge in [0.25, 0.3) is 5.91 Å². The highest BCUT2D eigenvalue weighted by Crippen LogP contribution is 2.13. The summed E-state index contributed by atoms with van der Waals surface area (Å²) >= 11 is 0. The van der Waals surface area contributed by atoms with Crippen molar-refractivity contribution in [1.29, 1.82) is 0 Å². The molecular weight excluding hydrogens is 268 g/mol. The van der Waals surface area contributed by atoms with E-state index in [0.717, 1.165) is 25.0 Å². The Morgan fingerprint density at radius 2 is 2.29 bits per heavy atom. The van der Waals surface area contributed by atoms with Crippen LogP contribution >= 0.6 is 0 Å². The summed E-state index contributed by atoms with van der Waals surface area (Å²) in [5.74, 6) is 0.332. The van der Waals surface area contributed by atoms with Gasteiger partial charge in [-0.3, -0.25) is 9.59 Å². The second-order valence-electron chi connectivity index (χ2n) is 5.19. The van der Waals surface area contributed by atoms with Gasteiger partial charge in [-0.05, 0) is 31.4 Å². The second-order valence-corrected chi connectivity index (χ2v) is 5.19. The number of anilines is 1. The van der Waals surface area contributed by atoms with E-state index >= 15 is 0 Å². The number of carbonyl (C=O) groups excluding carboxylic acids is 2. The molecule has 1 aliphatic heterocycles. The normalized spacial score (nSPS) is 18.0. The monoisotopic (exact) mass is 290 g/mol. The Labute approximate surface area is 124 Å². The van der Waals surface area contributed by atoms with Crippen LogP contribution in [0.5, 0.6) is 0 Å². The number of aromatic nitrogens is 1. The maximum atomic E-state index is 12.3. The summed E-state index contributed by atoms with van der Waals surface area (Å²) in [5.41, 5.74) is 1.42. The van der Waals surface area contributed by atoms with Crippen molar-refractivity contribution in [2.24, 2.45) is 0 Å². The molecule has 0 radical (unpaired) electrons. The Bertz CT molecular complexity index is 530. The first-order chi connectivity index (χ1) is 10.1. The lowest BCUT2D eigenvalue weighted by Gasteiger charge is -2.22. The molecule has 114 valence electrons. The van der Waals surface area contributed by atoms with Crippen LogP contribution in [0.25, 0.3) is 0 Å². The van der Waals surface area contributed by atoms with Gasteiger partial charge in [-0.15, -0.1) is 0 Å². The van der Waals surface area contributed by atoms with E-state index < -0.39 is 6.04 Å². The molecule has 21 heavy (non-hydrogen) atoms. The molecule has 0 bridgehead atoms. The number of nitrogens with one attached hydrogen (secondary N) is 3. The molecule has 1 aromatic rings. The van der Waals surface area contributed by atoms with Crippen molar-refractivity contribution in [2.45, 2.75) is 38.6 Å². The molecule has 1 saturated heterocycles. The van der Waals surface area contributed by atoms with Crippen LogP contribution in [0.1, 0.15) is 42.2 Å². The molecule has 0 aromatic carbocycles. The molecule has 1 aliphatic rings. The van der Waals surface area contributed by atoms with Crippen molar-refractivity contribution in [3.63, 3.8) is 0 Å². The van der Waals surface area contributed by atoms with Crippen LogP contribution in [0.15, 0.2) is 12.1 Å². The van der Waals surface area contributed by atoms with Gasteiger partial charge in [0.1, 0.15) is 11.9 Å². The summed E-state index contributed by atoms with van der Waals surface area (Å²) in [6.45, 7) is 2.75. The third-order valence-electron chi connectivity index (χ3n) is 3.49. The predicted molar refractivity (Wildman–Crippen MR) is 81.3 cm³/mol. The molecule has 0 saturated carbocycles. The van der Waals surface area contributed by atoms with E-state index in [-0.39, 0.29) is 11.8 Å². The van der Waals surface area contributed by atoms with Crippen LogP contribution in [0.2, 0.25) is 0 Å². The van der Waals surface area contributed by atoms with Crippen LogP contribution in [0, 0.1) is 0 Å². The van der Waals surface area contributed by atoms with E-state index in [1.54, 1.807) is 19.2 Å². The number of rotatable bonds is 5. The minimum absolute atomic E-state index is 0.105. The third-order valence-corrected chi connectivity index (χ3v) is 3.49. The molecule has 1 aromatic heterocycles. The van der Waals surface area contributed by atoms with Gasteiger partial charge in [0.2, 0.25) is 5.91 Å². The standard InChI is InChI=1S/C15H22N4O2/c1-3-5-11-8-10(9-13(16-2)18-11)14(20)19-12-6-4-7-17-15(12)21/h8-9,12H,3-7H2,1-2H3,(H,16,18)(H,17,21)(H,19,20). The number of hydrogen-bond acceptors (Lipinski definition) is 4. The topological polar surface area (TPSA) is 83.1 Å². The molecule has 2 rings (SSSR count). The molecule has 1 fully saturated rings. The highest BCUT2D eigenvalue weighted by atomic mass is 16.2. The maximum Gasteiger partial charge on any atom is 0.252 e. The van der Waals surface area contributed by atoms with E-state index in [4.69, 9.17) is 0 Å². The van der Waals surface area contributed by atoms with Crippen LogP contribution < -0.4 is 16.0 Å². The molecular formula is C15H22N4O2. The molecule has 6 nitrogen and oxygen atoms in total. The van der Waals surface area contributed by atoms with E-state index in [1.807, 2.05) is 0 Å². The first-order valence-electron chi connectivity index (χ1n) is 7.41. The number of nitrogens with zero attached hydrogens (tertiary/aromatic N) is 1. The van der Waals surface area contributed by atoms with Gasteiger partial charge >= 0.3 is 0 Å². The van der Waals surface area contributed by atoms with Crippen LogP contribution in [-0.2, 0) is 11.2 Å². The van der Waals surface area contributed by atoms with Gasteiger partial charge in [-0.1, -0.05) is 13.3 Å². The van der Waals surface area contributed by atoms with E-state index in [2.05, 4.69) is 27.9 Å². The number of piperidine rings is 1. The Morgan fingerprint density at radius 1 is 1.48 bits per heavy atom. The van der Waals surface area contributed by atoms with Crippen molar-refractivity contribution < 1.29 is 9.59 Å². The maximum absolute atomic E-state index is 12.3.